The Morgan fingerprint density at radius 3 is 2.89 bits per heavy atom. The highest BCUT2D eigenvalue weighted by Gasteiger charge is 2.15. The van der Waals surface area contributed by atoms with Crippen LogP contribution in [-0.2, 0) is 16.0 Å². The Morgan fingerprint density at radius 1 is 1.56 bits per heavy atom. The van der Waals surface area contributed by atoms with Crippen LogP contribution in [0.1, 0.15) is 25.1 Å². The van der Waals surface area contributed by atoms with Crippen LogP contribution in [0, 0.1) is 5.82 Å². The van der Waals surface area contributed by atoms with E-state index in [2.05, 4.69) is 16.9 Å². The van der Waals surface area contributed by atoms with Crippen molar-refractivity contribution in [2.75, 3.05) is 13.2 Å². The third kappa shape index (κ3) is 3.55. The monoisotopic (exact) mass is 252 g/mol. The Hall–Kier alpha value is -1.91. The van der Waals surface area contributed by atoms with Crippen molar-refractivity contribution in [1.29, 1.82) is 0 Å². The van der Waals surface area contributed by atoms with Crippen LogP contribution < -0.4 is 5.32 Å². The molecule has 1 amide bonds. The topological polar surface area (TPSA) is 51.2 Å². The maximum absolute atomic E-state index is 14.1. The molecule has 0 spiro atoms. The van der Waals surface area contributed by atoms with Gasteiger partial charge in [0.1, 0.15) is 5.76 Å². The van der Waals surface area contributed by atoms with Gasteiger partial charge in [0, 0.05) is 12.7 Å². The van der Waals surface area contributed by atoms with Crippen molar-refractivity contribution < 1.29 is 13.9 Å². The molecule has 1 aromatic heterocycles. The molecule has 1 N–H and O–H groups in total. The third-order valence-electron chi connectivity index (χ3n) is 2.28. The fourth-order valence-corrected chi connectivity index (χ4v) is 1.49. The summed E-state index contributed by atoms with van der Waals surface area (Å²) in [7, 11) is 0. The minimum atomic E-state index is -0.554. The second kappa shape index (κ2) is 6.74. The summed E-state index contributed by atoms with van der Waals surface area (Å²) in [6.07, 6.45) is 1.35. The Bertz CT molecular complexity index is 447. The number of aromatic nitrogens is 1. The number of amides is 1. The SMILES string of the molecule is C=C(OCC)c1ccnc(CC(=O)NCC)c1F. The first-order valence-electron chi connectivity index (χ1n) is 5.82. The first-order valence-corrected chi connectivity index (χ1v) is 5.82. The van der Waals surface area contributed by atoms with Crippen molar-refractivity contribution in [3.63, 3.8) is 0 Å². The summed E-state index contributed by atoms with van der Waals surface area (Å²) < 4.78 is 19.2. The predicted molar refractivity (Wildman–Crippen MR) is 67.2 cm³/mol. The van der Waals surface area contributed by atoms with Gasteiger partial charge in [-0.3, -0.25) is 9.78 Å². The third-order valence-corrected chi connectivity index (χ3v) is 2.28. The van der Waals surface area contributed by atoms with Crippen LogP contribution >= 0.6 is 0 Å². The molecule has 5 heteroatoms. The molecule has 1 heterocycles. The van der Waals surface area contributed by atoms with E-state index < -0.39 is 5.82 Å². The van der Waals surface area contributed by atoms with Gasteiger partial charge in [0.25, 0.3) is 0 Å². The number of hydrogen-bond donors (Lipinski definition) is 1. The highest BCUT2D eigenvalue weighted by atomic mass is 19.1. The first kappa shape index (κ1) is 14.2. The average Bonchev–Trinajstić information content (AvgIpc) is 2.32. The van der Waals surface area contributed by atoms with Crippen LogP contribution in [-0.4, -0.2) is 24.0 Å². The normalized spacial score (nSPS) is 9.94. The number of carbonyl (C=O) groups is 1. The molecule has 0 aliphatic heterocycles. The van der Waals surface area contributed by atoms with E-state index in [4.69, 9.17) is 4.74 Å². The minimum absolute atomic E-state index is 0.0904. The van der Waals surface area contributed by atoms with E-state index in [1.807, 2.05) is 0 Å². The molecule has 0 saturated carbocycles. The zero-order valence-corrected chi connectivity index (χ0v) is 10.6. The van der Waals surface area contributed by atoms with Crippen molar-refractivity contribution >= 4 is 11.7 Å². The summed E-state index contributed by atoms with van der Waals surface area (Å²) >= 11 is 0. The predicted octanol–water partition coefficient (Wildman–Crippen LogP) is 1.91. The average molecular weight is 252 g/mol. The van der Waals surface area contributed by atoms with Crippen molar-refractivity contribution in [3.8, 4) is 0 Å². The Kier molecular flexibility index (Phi) is 5.30. The summed E-state index contributed by atoms with van der Waals surface area (Å²) in [6, 6.07) is 1.48. The summed E-state index contributed by atoms with van der Waals surface area (Å²) in [5.41, 5.74) is 0.338. The molecule has 0 fully saturated rings. The molecular formula is C13H17FN2O2. The van der Waals surface area contributed by atoms with E-state index in [-0.39, 0.29) is 29.3 Å². The molecule has 0 aromatic carbocycles. The molecule has 0 bridgehead atoms. The van der Waals surface area contributed by atoms with Gasteiger partial charge in [-0.25, -0.2) is 4.39 Å². The van der Waals surface area contributed by atoms with Gasteiger partial charge in [-0.05, 0) is 19.9 Å². The molecule has 1 aromatic rings. The lowest BCUT2D eigenvalue weighted by atomic mass is 10.1. The maximum Gasteiger partial charge on any atom is 0.226 e. The molecule has 0 radical (unpaired) electrons. The summed E-state index contributed by atoms with van der Waals surface area (Å²) in [4.78, 5) is 15.3. The number of rotatable bonds is 6. The number of ether oxygens (including phenoxy) is 1. The van der Waals surface area contributed by atoms with E-state index in [1.165, 1.54) is 12.3 Å². The van der Waals surface area contributed by atoms with Gasteiger partial charge < -0.3 is 10.1 Å². The lowest BCUT2D eigenvalue weighted by Gasteiger charge is -2.10. The standard InChI is InChI=1S/C13H17FN2O2/c1-4-15-12(17)8-11-13(14)10(6-7-16-11)9(3)18-5-2/h6-7H,3-5,8H2,1-2H3,(H,15,17). The van der Waals surface area contributed by atoms with Crippen LogP contribution in [0.2, 0.25) is 0 Å². The van der Waals surface area contributed by atoms with Crippen LogP contribution in [0.3, 0.4) is 0 Å². The smallest absolute Gasteiger partial charge is 0.226 e. The molecule has 0 aliphatic carbocycles. The highest BCUT2D eigenvalue weighted by Crippen LogP contribution is 2.19. The number of carbonyl (C=O) groups excluding carboxylic acids is 1. The van der Waals surface area contributed by atoms with Crippen LogP contribution in [0.5, 0.6) is 0 Å². The summed E-state index contributed by atoms with van der Waals surface area (Å²) in [6.45, 7) is 8.15. The van der Waals surface area contributed by atoms with Crippen molar-refractivity contribution in [1.82, 2.24) is 10.3 Å². The van der Waals surface area contributed by atoms with Crippen LogP contribution in [0.15, 0.2) is 18.8 Å². The number of hydrogen-bond acceptors (Lipinski definition) is 3. The van der Waals surface area contributed by atoms with Gasteiger partial charge in [-0.2, -0.15) is 0 Å². The molecular weight excluding hydrogens is 235 g/mol. The number of pyridine rings is 1. The molecule has 18 heavy (non-hydrogen) atoms. The Morgan fingerprint density at radius 2 is 2.28 bits per heavy atom. The first-order chi connectivity index (χ1) is 8.60. The van der Waals surface area contributed by atoms with Gasteiger partial charge in [0.15, 0.2) is 5.82 Å². The second-order valence-electron chi connectivity index (χ2n) is 3.61. The molecule has 0 unspecified atom stereocenters. The van der Waals surface area contributed by atoms with Gasteiger partial charge in [0.2, 0.25) is 5.91 Å². The van der Waals surface area contributed by atoms with E-state index in [1.54, 1.807) is 13.8 Å². The second-order valence-corrected chi connectivity index (χ2v) is 3.61. The molecule has 98 valence electrons. The van der Waals surface area contributed by atoms with Crippen LogP contribution in [0.25, 0.3) is 5.76 Å². The molecule has 0 saturated heterocycles. The van der Waals surface area contributed by atoms with Crippen LogP contribution in [0.4, 0.5) is 4.39 Å². The molecule has 1 rings (SSSR count). The van der Waals surface area contributed by atoms with Crippen molar-refractivity contribution in [2.24, 2.45) is 0 Å². The van der Waals surface area contributed by atoms with E-state index >= 15 is 0 Å². The van der Waals surface area contributed by atoms with Gasteiger partial charge >= 0.3 is 0 Å². The zero-order valence-electron chi connectivity index (χ0n) is 10.6. The van der Waals surface area contributed by atoms with Gasteiger partial charge in [0.05, 0.1) is 24.3 Å². The van der Waals surface area contributed by atoms with Crippen molar-refractivity contribution in [2.45, 2.75) is 20.3 Å². The number of likely N-dealkylation sites (N-methyl/N-ethyl adjacent to an activating group) is 1. The summed E-state index contributed by atoms with van der Waals surface area (Å²) in [5.74, 6) is -0.570. The Balaban J connectivity index is 2.91. The summed E-state index contributed by atoms with van der Waals surface area (Å²) in [5, 5.41) is 2.60. The Labute approximate surface area is 106 Å². The molecule has 0 aliphatic rings. The molecule has 4 nitrogen and oxygen atoms in total. The lowest BCUT2D eigenvalue weighted by molar-refractivity contribution is -0.120. The van der Waals surface area contributed by atoms with E-state index in [9.17, 15) is 9.18 Å². The minimum Gasteiger partial charge on any atom is -0.494 e. The number of nitrogens with zero attached hydrogens (tertiary/aromatic N) is 1. The number of nitrogens with one attached hydrogen (secondary N) is 1. The fraction of sp³-hybridized carbons (Fsp3) is 0.385. The van der Waals surface area contributed by atoms with Gasteiger partial charge in [-0.15, -0.1) is 0 Å². The maximum atomic E-state index is 14.1. The van der Waals surface area contributed by atoms with Gasteiger partial charge in [-0.1, -0.05) is 6.58 Å². The number of halogens is 1. The highest BCUT2D eigenvalue weighted by molar-refractivity contribution is 5.78. The van der Waals surface area contributed by atoms with E-state index in [0.717, 1.165) is 0 Å². The molecule has 0 atom stereocenters. The zero-order chi connectivity index (χ0) is 13.5. The van der Waals surface area contributed by atoms with Crippen molar-refractivity contribution in [3.05, 3.63) is 35.9 Å². The quantitative estimate of drug-likeness (QED) is 0.787. The van der Waals surface area contributed by atoms with E-state index in [0.29, 0.717) is 13.2 Å². The largest absolute Gasteiger partial charge is 0.494 e. The fourth-order valence-electron chi connectivity index (χ4n) is 1.49. The lowest BCUT2D eigenvalue weighted by Crippen LogP contribution is -2.25.